The highest BCUT2D eigenvalue weighted by atomic mass is 16.1. The predicted molar refractivity (Wildman–Crippen MR) is 84.4 cm³/mol. The Morgan fingerprint density at radius 1 is 1.24 bits per heavy atom. The summed E-state index contributed by atoms with van der Waals surface area (Å²) in [6, 6.07) is 8.40. The van der Waals surface area contributed by atoms with Crippen LogP contribution in [0.25, 0.3) is 0 Å². The maximum Gasteiger partial charge on any atom is 0.227 e. The summed E-state index contributed by atoms with van der Waals surface area (Å²) in [6.45, 7) is 8.53. The fraction of sp³-hybridized carbons (Fsp3) is 0.412. The molecular weight excluding hydrogens is 262 g/mol. The van der Waals surface area contributed by atoms with Crippen LogP contribution in [-0.4, -0.2) is 22.6 Å². The molecule has 4 heteroatoms. The number of aromatic nitrogens is 2. The molecule has 1 aromatic heterocycles. The van der Waals surface area contributed by atoms with Crippen molar-refractivity contribution in [2.45, 2.75) is 40.0 Å². The summed E-state index contributed by atoms with van der Waals surface area (Å²) >= 11 is 0. The second kappa shape index (κ2) is 6.57. The molecule has 0 radical (unpaired) electrons. The Balaban J connectivity index is 1.88. The number of amides is 1. The molecule has 0 aliphatic heterocycles. The van der Waals surface area contributed by atoms with E-state index in [1.807, 2.05) is 20.8 Å². The van der Waals surface area contributed by atoms with E-state index in [1.165, 1.54) is 11.1 Å². The van der Waals surface area contributed by atoms with Crippen LogP contribution in [0.3, 0.4) is 0 Å². The molecule has 4 nitrogen and oxygen atoms in total. The van der Waals surface area contributed by atoms with Crippen LogP contribution in [0.5, 0.6) is 0 Å². The number of carbonyl (C=O) groups excluding carboxylic acids is 1. The van der Waals surface area contributed by atoms with Gasteiger partial charge < -0.3 is 5.32 Å². The van der Waals surface area contributed by atoms with Crippen molar-refractivity contribution in [1.29, 1.82) is 0 Å². The van der Waals surface area contributed by atoms with E-state index in [0.29, 0.717) is 6.54 Å². The summed E-state index contributed by atoms with van der Waals surface area (Å²) in [4.78, 5) is 12.2. The maximum atomic E-state index is 12.2. The lowest BCUT2D eigenvalue weighted by molar-refractivity contribution is -0.122. The SMILES string of the molecule is Cc1ccc(CCNC(=O)C(C)c2c(C)n[nH]c2C)cc1. The lowest BCUT2D eigenvalue weighted by Gasteiger charge is -2.13. The van der Waals surface area contributed by atoms with Gasteiger partial charge in [0.15, 0.2) is 0 Å². The molecule has 2 aromatic rings. The molecule has 1 heterocycles. The number of nitrogens with one attached hydrogen (secondary N) is 2. The highest BCUT2D eigenvalue weighted by Gasteiger charge is 2.20. The van der Waals surface area contributed by atoms with Crippen LogP contribution in [-0.2, 0) is 11.2 Å². The van der Waals surface area contributed by atoms with Gasteiger partial charge in [-0.1, -0.05) is 29.8 Å². The number of benzene rings is 1. The Hall–Kier alpha value is -2.10. The molecule has 1 amide bonds. The minimum atomic E-state index is -0.179. The molecule has 112 valence electrons. The zero-order valence-electron chi connectivity index (χ0n) is 13.2. The van der Waals surface area contributed by atoms with Gasteiger partial charge in [0.25, 0.3) is 0 Å². The van der Waals surface area contributed by atoms with Crippen LogP contribution >= 0.6 is 0 Å². The highest BCUT2D eigenvalue weighted by Crippen LogP contribution is 2.21. The number of nitrogens with zero attached hydrogens (tertiary/aromatic N) is 1. The van der Waals surface area contributed by atoms with Gasteiger partial charge in [-0.15, -0.1) is 0 Å². The molecule has 0 bridgehead atoms. The minimum Gasteiger partial charge on any atom is -0.355 e. The molecule has 0 saturated carbocycles. The first-order chi connectivity index (χ1) is 9.99. The van der Waals surface area contributed by atoms with Gasteiger partial charge in [-0.3, -0.25) is 9.89 Å². The topological polar surface area (TPSA) is 57.8 Å². The summed E-state index contributed by atoms with van der Waals surface area (Å²) < 4.78 is 0. The van der Waals surface area contributed by atoms with Gasteiger partial charge in [0.2, 0.25) is 5.91 Å². The Morgan fingerprint density at radius 2 is 1.90 bits per heavy atom. The maximum absolute atomic E-state index is 12.2. The highest BCUT2D eigenvalue weighted by molar-refractivity contribution is 5.83. The predicted octanol–water partition coefficient (Wildman–Crippen LogP) is 2.80. The quantitative estimate of drug-likeness (QED) is 0.887. The minimum absolute atomic E-state index is 0.0507. The van der Waals surface area contributed by atoms with Crippen molar-refractivity contribution in [2.24, 2.45) is 0 Å². The molecule has 0 saturated heterocycles. The molecule has 0 spiro atoms. The first-order valence-electron chi connectivity index (χ1n) is 7.33. The van der Waals surface area contributed by atoms with Crippen molar-refractivity contribution in [1.82, 2.24) is 15.5 Å². The number of hydrogen-bond acceptors (Lipinski definition) is 2. The summed E-state index contributed by atoms with van der Waals surface area (Å²) in [5, 5.41) is 10.1. The van der Waals surface area contributed by atoms with Gasteiger partial charge in [0.1, 0.15) is 0 Å². The van der Waals surface area contributed by atoms with Crippen LogP contribution in [0, 0.1) is 20.8 Å². The monoisotopic (exact) mass is 285 g/mol. The van der Waals surface area contributed by atoms with Crippen LogP contribution in [0.2, 0.25) is 0 Å². The molecule has 0 fully saturated rings. The van der Waals surface area contributed by atoms with Crippen molar-refractivity contribution < 1.29 is 4.79 Å². The van der Waals surface area contributed by atoms with Gasteiger partial charge in [0, 0.05) is 17.8 Å². The van der Waals surface area contributed by atoms with Gasteiger partial charge >= 0.3 is 0 Å². The van der Waals surface area contributed by atoms with E-state index in [9.17, 15) is 4.79 Å². The second-order valence-electron chi connectivity index (χ2n) is 5.60. The summed E-state index contributed by atoms with van der Waals surface area (Å²) in [5.41, 5.74) is 5.36. The van der Waals surface area contributed by atoms with Crippen molar-refractivity contribution in [2.75, 3.05) is 6.54 Å². The smallest absolute Gasteiger partial charge is 0.227 e. The van der Waals surface area contributed by atoms with E-state index in [4.69, 9.17) is 0 Å². The average molecular weight is 285 g/mol. The average Bonchev–Trinajstić information content (AvgIpc) is 2.79. The molecule has 1 aromatic carbocycles. The lowest BCUT2D eigenvalue weighted by Crippen LogP contribution is -2.30. The number of aryl methyl sites for hydroxylation is 3. The van der Waals surface area contributed by atoms with Crippen LogP contribution in [0.1, 0.15) is 40.9 Å². The van der Waals surface area contributed by atoms with Gasteiger partial charge in [-0.25, -0.2) is 0 Å². The molecular formula is C17H23N3O. The molecule has 2 N–H and O–H groups in total. The Kier molecular flexibility index (Phi) is 4.78. The largest absolute Gasteiger partial charge is 0.355 e. The standard InChI is InChI=1S/C17H23N3O/c1-11-5-7-15(8-6-11)9-10-18-17(21)12(2)16-13(3)19-20-14(16)4/h5-8,12H,9-10H2,1-4H3,(H,18,21)(H,19,20). The van der Waals surface area contributed by atoms with Gasteiger partial charge in [-0.2, -0.15) is 5.10 Å². The first-order valence-corrected chi connectivity index (χ1v) is 7.33. The fourth-order valence-electron chi connectivity index (χ4n) is 2.57. The molecule has 0 aliphatic rings. The number of hydrogen-bond donors (Lipinski definition) is 2. The first kappa shape index (κ1) is 15.3. The van der Waals surface area contributed by atoms with Crippen LogP contribution in [0.4, 0.5) is 0 Å². The van der Waals surface area contributed by atoms with Crippen molar-refractivity contribution >= 4 is 5.91 Å². The Labute approximate surface area is 126 Å². The van der Waals surface area contributed by atoms with Crippen LogP contribution in [0.15, 0.2) is 24.3 Å². The summed E-state index contributed by atoms with van der Waals surface area (Å²) in [5.74, 6) is -0.128. The third kappa shape index (κ3) is 3.72. The molecule has 1 atom stereocenters. The van der Waals surface area contributed by atoms with Crippen molar-refractivity contribution in [3.05, 3.63) is 52.3 Å². The number of aromatic amines is 1. The molecule has 0 aliphatic carbocycles. The van der Waals surface area contributed by atoms with E-state index in [0.717, 1.165) is 23.4 Å². The summed E-state index contributed by atoms with van der Waals surface area (Å²) in [6.07, 6.45) is 0.849. The molecule has 21 heavy (non-hydrogen) atoms. The zero-order valence-corrected chi connectivity index (χ0v) is 13.2. The third-order valence-corrected chi connectivity index (χ3v) is 3.84. The number of carbonyl (C=O) groups is 1. The number of H-pyrrole nitrogens is 1. The van der Waals surface area contributed by atoms with Crippen molar-refractivity contribution in [3.63, 3.8) is 0 Å². The molecule has 2 rings (SSSR count). The van der Waals surface area contributed by atoms with Crippen LogP contribution < -0.4 is 5.32 Å². The zero-order chi connectivity index (χ0) is 15.4. The van der Waals surface area contributed by atoms with E-state index < -0.39 is 0 Å². The van der Waals surface area contributed by atoms with Gasteiger partial charge in [-0.05, 0) is 39.7 Å². The third-order valence-electron chi connectivity index (χ3n) is 3.84. The van der Waals surface area contributed by atoms with Gasteiger partial charge in [0.05, 0.1) is 11.6 Å². The number of rotatable bonds is 5. The Bertz CT molecular complexity index is 594. The second-order valence-corrected chi connectivity index (χ2v) is 5.60. The lowest BCUT2D eigenvalue weighted by atomic mass is 9.98. The van der Waals surface area contributed by atoms with Crippen molar-refractivity contribution in [3.8, 4) is 0 Å². The Morgan fingerprint density at radius 3 is 2.48 bits per heavy atom. The van der Waals surface area contributed by atoms with E-state index >= 15 is 0 Å². The molecule has 1 unspecified atom stereocenters. The summed E-state index contributed by atoms with van der Waals surface area (Å²) in [7, 11) is 0. The fourth-order valence-corrected chi connectivity index (χ4v) is 2.57. The van der Waals surface area contributed by atoms with E-state index in [1.54, 1.807) is 0 Å². The van der Waals surface area contributed by atoms with E-state index in [-0.39, 0.29) is 11.8 Å². The van der Waals surface area contributed by atoms with E-state index in [2.05, 4.69) is 46.7 Å². The normalized spacial score (nSPS) is 12.2.